The number of hydrogen-bond acceptors (Lipinski definition) is 4. The quantitative estimate of drug-likeness (QED) is 0.485. The first-order chi connectivity index (χ1) is 10.2. The Bertz CT molecular complexity index is 607. The number of ether oxygens (including phenoxy) is 1. The molecular weight excluding hydrogens is 286 g/mol. The molecule has 0 atom stereocenters. The number of hydrogen-bond donors (Lipinski definition) is 1. The molecule has 0 aliphatic rings. The first-order valence-electron chi connectivity index (χ1n) is 6.65. The number of aromatic amines is 1. The zero-order valence-corrected chi connectivity index (χ0v) is 12.6. The van der Waals surface area contributed by atoms with Crippen LogP contribution in [0, 0.1) is 0 Å². The van der Waals surface area contributed by atoms with E-state index >= 15 is 0 Å². The van der Waals surface area contributed by atoms with Crippen LogP contribution in [0.25, 0.3) is 0 Å². The van der Waals surface area contributed by atoms with E-state index in [-0.39, 0.29) is 18.2 Å². The van der Waals surface area contributed by atoms with Crippen LogP contribution >= 0.6 is 11.8 Å². The van der Waals surface area contributed by atoms with Crippen molar-refractivity contribution in [1.29, 1.82) is 0 Å². The second kappa shape index (κ2) is 7.69. The monoisotopic (exact) mass is 303 g/mol. The highest BCUT2D eigenvalue weighted by atomic mass is 32.2. The van der Waals surface area contributed by atoms with Gasteiger partial charge >= 0.3 is 5.97 Å². The Labute approximate surface area is 127 Å². The van der Waals surface area contributed by atoms with E-state index in [0.717, 1.165) is 10.6 Å². The summed E-state index contributed by atoms with van der Waals surface area (Å²) in [6.07, 6.45) is 2.48. The lowest BCUT2D eigenvalue weighted by Gasteiger charge is -2.04. The number of nitrogens with one attached hydrogen (secondary N) is 1. The maximum atomic E-state index is 12.3. The van der Waals surface area contributed by atoms with Crippen molar-refractivity contribution >= 4 is 23.5 Å². The third-order valence-electron chi connectivity index (χ3n) is 3.05. The Kier molecular flexibility index (Phi) is 5.63. The molecule has 21 heavy (non-hydrogen) atoms. The van der Waals surface area contributed by atoms with Gasteiger partial charge in [-0.25, -0.2) is 0 Å². The van der Waals surface area contributed by atoms with Gasteiger partial charge in [0.25, 0.3) is 0 Å². The minimum atomic E-state index is -0.276. The second-order valence-electron chi connectivity index (χ2n) is 4.47. The number of thioether (sulfide) groups is 1. The highest BCUT2D eigenvalue weighted by Gasteiger charge is 2.14. The average Bonchev–Trinajstić information content (AvgIpc) is 2.99. The summed E-state index contributed by atoms with van der Waals surface area (Å²) in [7, 11) is 1.36. The van der Waals surface area contributed by atoms with Gasteiger partial charge in [-0.2, -0.15) is 0 Å². The summed E-state index contributed by atoms with van der Waals surface area (Å²) in [5.41, 5.74) is 1.45. The molecule has 0 aliphatic carbocycles. The Morgan fingerprint density at radius 2 is 1.95 bits per heavy atom. The normalized spacial score (nSPS) is 10.3. The lowest BCUT2D eigenvalue weighted by atomic mass is 10.1. The molecule has 2 aromatic rings. The molecule has 0 aliphatic heterocycles. The van der Waals surface area contributed by atoms with E-state index in [4.69, 9.17) is 0 Å². The summed E-state index contributed by atoms with van der Waals surface area (Å²) in [4.78, 5) is 27.5. The van der Waals surface area contributed by atoms with Crippen molar-refractivity contribution in [1.82, 2.24) is 4.98 Å². The van der Waals surface area contributed by atoms with Crippen molar-refractivity contribution < 1.29 is 14.3 Å². The van der Waals surface area contributed by atoms with Gasteiger partial charge in [0.2, 0.25) is 0 Å². The minimum Gasteiger partial charge on any atom is -0.469 e. The SMILES string of the molecule is COC(=O)CCc1[nH]ccc1C(=O)CSc1ccccc1. The molecule has 1 aromatic heterocycles. The first kappa shape index (κ1) is 15.4. The van der Waals surface area contributed by atoms with Gasteiger partial charge in [0.05, 0.1) is 19.3 Å². The molecule has 5 heteroatoms. The zero-order chi connectivity index (χ0) is 15.1. The van der Waals surface area contributed by atoms with Crippen LogP contribution in [0.1, 0.15) is 22.5 Å². The minimum absolute atomic E-state index is 0.0602. The molecule has 4 nitrogen and oxygen atoms in total. The number of carbonyl (C=O) groups is 2. The number of aromatic nitrogens is 1. The third-order valence-corrected chi connectivity index (χ3v) is 4.07. The molecule has 0 fully saturated rings. The van der Waals surface area contributed by atoms with E-state index in [1.54, 1.807) is 12.3 Å². The van der Waals surface area contributed by atoms with E-state index in [1.807, 2.05) is 30.3 Å². The summed E-state index contributed by atoms with van der Waals surface area (Å²) >= 11 is 1.51. The predicted octanol–water partition coefficient (Wildman–Crippen LogP) is 3.10. The molecule has 0 saturated carbocycles. The topological polar surface area (TPSA) is 59.2 Å². The van der Waals surface area contributed by atoms with Crippen LogP contribution < -0.4 is 0 Å². The second-order valence-corrected chi connectivity index (χ2v) is 5.52. The van der Waals surface area contributed by atoms with E-state index < -0.39 is 0 Å². The Hall–Kier alpha value is -2.01. The van der Waals surface area contributed by atoms with Crippen molar-refractivity contribution in [2.45, 2.75) is 17.7 Å². The molecule has 2 rings (SSSR count). The van der Waals surface area contributed by atoms with Crippen molar-refractivity contribution in [2.75, 3.05) is 12.9 Å². The number of ketones is 1. The summed E-state index contributed by atoms with van der Waals surface area (Å²) < 4.78 is 4.61. The molecule has 0 radical (unpaired) electrons. The Balaban J connectivity index is 1.93. The first-order valence-corrected chi connectivity index (χ1v) is 7.63. The van der Waals surface area contributed by atoms with Gasteiger partial charge in [-0.1, -0.05) is 18.2 Å². The predicted molar refractivity (Wildman–Crippen MR) is 82.6 cm³/mol. The van der Waals surface area contributed by atoms with Crippen molar-refractivity contribution in [3.63, 3.8) is 0 Å². The molecule has 0 saturated heterocycles. The largest absolute Gasteiger partial charge is 0.469 e. The highest BCUT2D eigenvalue weighted by molar-refractivity contribution is 8.00. The van der Waals surface area contributed by atoms with Gasteiger partial charge in [-0.15, -0.1) is 11.8 Å². The molecular formula is C16H17NO3S. The van der Waals surface area contributed by atoms with Gasteiger partial charge in [0.15, 0.2) is 5.78 Å². The van der Waals surface area contributed by atoms with Crippen LogP contribution in [0.2, 0.25) is 0 Å². The fraction of sp³-hybridized carbons (Fsp3) is 0.250. The van der Waals surface area contributed by atoms with Gasteiger partial charge in [0.1, 0.15) is 0 Å². The van der Waals surface area contributed by atoms with Crippen LogP contribution in [-0.4, -0.2) is 29.6 Å². The standard InChI is InChI=1S/C16H17NO3S/c1-20-16(19)8-7-14-13(9-10-17-14)15(18)11-21-12-5-3-2-4-6-12/h2-6,9-10,17H,7-8,11H2,1H3. The highest BCUT2D eigenvalue weighted by Crippen LogP contribution is 2.20. The number of esters is 1. The molecule has 110 valence electrons. The Morgan fingerprint density at radius 3 is 2.67 bits per heavy atom. The van der Waals surface area contributed by atoms with Gasteiger partial charge < -0.3 is 9.72 Å². The summed E-state index contributed by atoms with van der Waals surface area (Å²) in [6.45, 7) is 0. The van der Waals surface area contributed by atoms with Crippen molar-refractivity contribution in [3.05, 3.63) is 53.9 Å². The number of Topliss-reactive ketones (excluding diaryl/α,β-unsaturated/α-hetero) is 1. The van der Waals surface area contributed by atoms with E-state index in [0.29, 0.717) is 17.7 Å². The lowest BCUT2D eigenvalue weighted by Crippen LogP contribution is -2.08. The average molecular weight is 303 g/mol. The molecule has 1 N–H and O–H groups in total. The summed E-state index contributed by atoms with van der Waals surface area (Å²) in [5.74, 6) is 0.166. The van der Waals surface area contributed by atoms with Crippen molar-refractivity contribution in [3.8, 4) is 0 Å². The number of methoxy groups -OCH3 is 1. The van der Waals surface area contributed by atoms with Crippen LogP contribution in [0.4, 0.5) is 0 Å². The third kappa shape index (κ3) is 4.49. The number of aryl methyl sites for hydroxylation is 1. The van der Waals surface area contributed by atoms with E-state index in [1.165, 1.54) is 18.9 Å². The van der Waals surface area contributed by atoms with Crippen LogP contribution in [0.15, 0.2) is 47.5 Å². The maximum Gasteiger partial charge on any atom is 0.305 e. The summed E-state index contributed by atoms with van der Waals surface area (Å²) in [5, 5.41) is 0. The molecule has 0 amide bonds. The number of benzene rings is 1. The fourth-order valence-corrected chi connectivity index (χ4v) is 2.75. The number of rotatable bonds is 7. The zero-order valence-electron chi connectivity index (χ0n) is 11.8. The van der Waals surface area contributed by atoms with E-state index in [9.17, 15) is 9.59 Å². The van der Waals surface area contributed by atoms with Crippen LogP contribution in [-0.2, 0) is 16.0 Å². The number of carbonyl (C=O) groups excluding carboxylic acids is 2. The Morgan fingerprint density at radius 1 is 1.19 bits per heavy atom. The van der Waals surface area contributed by atoms with Gasteiger partial charge in [-0.05, 0) is 24.6 Å². The molecule has 0 unspecified atom stereocenters. The lowest BCUT2D eigenvalue weighted by molar-refractivity contribution is -0.140. The van der Waals surface area contributed by atoms with Gasteiger partial charge in [0, 0.05) is 22.3 Å². The van der Waals surface area contributed by atoms with Gasteiger partial charge in [-0.3, -0.25) is 9.59 Å². The smallest absolute Gasteiger partial charge is 0.305 e. The number of H-pyrrole nitrogens is 1. The van der Waals surface area contributed by atoms with Crippen LogP contribution in [0.5, 0.6) is 0 Å². The molecule has 0 bridgehead atoms. The van der Waals surface area contributed by atoms with Crippen LogP contribution in [0.3, 0.4) is 0 Å². The van der Waals surface area contributed by atoms with Crippen molar-refractivity contribution in [2.24, 2.45) is 0 Å². The van der Waals surface area contributed by atoms with E-state index in [2.05, 4.69) is 9.72 Å². The molecule has 1 heterocycles. The maximum absolute atomic E-state index is 12.3. The molecule has 1 aromatic carbocycles. The summed E-state index contributed by atoms with van der Waals surface area (Å²) in [6, 6.07) is 11.6. The molecule has 0 spiro atoms. The fourth-order valence-electron chi connectivity index (χ4n) is 1.94.